The Morgan fingerprint density at radius 2 is 1.18 bits per heavy atom. The largest absolute Gasteiger partial charge is 0.236 e. The topological polar surface area (TPSA) is 25.8 Å². The van der Waals surface area contributed by atoms with Crippen molar-refractivity contribution in [1.82, 2.24) is 9.97 Å². The van der Waals surface area contributed by atoms with Crippen LogP contribution in [0, 0.1) is 11.8 Å². The fraction of sp³-hybridized carbons (Fsp3) is 0.677. The van der Waals surface area contributed by atoms with Crippen LogP contribution in [0.1, 0.15) is 121 Å². The molecule has 1 aliphatic rings. The average Bonchev–Trinajstić information content (AvgIpc) is 2.87. The highest BCUT2D eigenvalue weighted by molar-refractivity contribution is 5.55. The molecular weight excluding hydrogens is 400 g/mol. The van der Waals surface area contributed by atoms with Crippen LogP contribution in [0.2, 0.25) is 0 Å². The van der Waals surface area contributed by atoms with Crippen LogP contribution in [-0.2, 0) is 12.8 Å². The highest BCUT2D eigenvalue weighted by Crippen LogP contribution is 2.34. The molecule has 1 heterocycles. The number of benzene rings is 1. The molecule has 0 amide bonds. The van der Waals surface area contributed by atoms with Crippen LogP contribution in [0.5, 0.6) is 0 Å². The van der Waals surface area contributed by atoms with Crippen molar-refractivity contribution in [2.75, 3.05) is 0 Å². The lowest BCUT2D eigenvalue weighted by molar-refractivity contribution is 0.250. The maximum Gasteiger partial charge on any atom is 0.159 e. The van der Waals surface area contributed by atoms with Gasteiger partial charge in [0, 0.05) is 18.0 Å². The zero-order valence-corrected chi connectivity index (χ0v) is 21.5. The molecule has 1 fully saturated rings. The summed E-state index contributed by atoms with van der Waals surface area (Å²) in [6.07, 6.45) is 27.3. The summed E-state index contributed by atoms with van der Waals surface area (Å²) < 4.78 is 0. The van der Waals surface area contributed by atoms with Crippen LogP contribution >= 0.6 is 0 Å². The fourth-order valence-electron chi connectivity index (χ4n) is 5.41. The first kappa shape index (κ1) is 25.9. The van der Waals surface area contributed by atoms with E-state index in [0.717, 1.165) is 29.6 Å². The van der Waals surface area contributed by atoms with Crippen molar-refractivity contribution >= 4 is 0 Å². The van der Waals surface area contributed by atoms with E-state index in [9.17, 15) is 0 Å². The lowest BCUT2D eigenvalue weighted by atomic mass is 9.78. The monoisotopic (exact) mass is 448 g/mol. The van der Waals surface area contributed by atoms with Crippen LogP contribution < -0.4 is 0 Å². The molecule has 1 aliphatic carbocycles. The number of unbranched alkanes of at least 4 members (excludes halogenated alkanes) is 7. The van der Waals surface area contributed by atoms with Gasteiger partial charge in [-0.1, -0.05) is 122 Å². The number of hydrogen-bond donors (Lipinski definition) is 0. The molecule has 1 aromatic carbocycles. The van der Waals surface area contributed by atoms with Gasteiger partial charge in [-0.15, -0.1) is 0 Å². The molecule has 2 aromatic rings. The molecule has 0 saturated heterocycles. The van der Waals surface area contributed by atoms with Gasteiger partial charge in [-0.05, 0) is 48.6 Å². The van der Waals surface area contributed by atoms with Crippen molar-refractivity contribution in [1.29, 1.82) is 0 Å². The average molecular weight is 449 g/mol. The third-order valence-electron chi connectivity index (χ3n) is 7.76. The zero-order valence-electron chi connectivity index (χ0n) is 21.5. The molecule has 0 bridgehead atoms. The van der Waals surface area contributed by atoms with Gasteiger partial charge in [-0.25, -0.2) is 9.97 Å². The lowest BCUT2D eigenvalue weighted by Crippen LogP contribution is -2.15. The first-order valence-electron chi connectivity index (χ1n) is 14.2. The van der Waals surface area contributed by atoms with Gasteiger partial charge in [0.1, 0.15) is 0 Å². The second-order valence-corrected chi connectivity index (χ2v) is 10.6. The van der Waals surface area contributed by atoms with E-state index in [0.29, 0.717) is 0 Å². The molecule has 2 heteroatoms. The molecule has 0 unspecified atom stereocenters. The van der Waals surface area contributed by atoms with E-state index >= 15 is 0 Å². The second kappa shape index (κ2) is 15.3. The zero-order chi connectivity index (χ0) is 23.1. The Kier molecular flexibility index (Phi) is 12.0. The van der Waals surface area contributed by atoms with Crippen LogP contribution in [0.4, 0.5) is 0 Å². The van der Waals surface area contributed by atoms with Crippen LogP contribution in [0.25, 0.3) is 11.4 Å². The molecule has 0 N–H and O–H groups in total. The number of nitrogens with zero attached hydrogens (tertiary/aromatic N) is 2. The van der Waals surface area contributed by atoms with E-state index in [1.165, 1.54) is 114 Å². The van der Waals surface area contributed by atoms with E-state index in [1.54, 1.807) is 0 Å². The summed E-state index contributed by atoms with van der Waals surface area (Å²) in [5.41, 5.74) is 3.87. The van der Waals surface area contributed by atoms with Gasteiger partial charge in [0.25, 0.3) is 0 Å². The van der Waals surface area contributed by atoms with Gasteiger partial charge in [-0.3, -0.25) is 0 Å². The lowest BCUT2D eigenvalue weighted by Gasteiger charge is -2.28. The van der Waals surface area contributed by atoms with Crippen LogP contribution in [0.15, 0.2) is 36.7 Å². The molecule has 0 atom stereocenters. The van der Waals surface area contributed by atoms with Crippen molar-refractivity contribution in [2.24, 2.45) is 11.8 Å². The van der Waals surface area contributed by atoms with Gasteiger partial charge in [0.05, 0.1) is 0 Å². The highest BCUT2D eigenvalue weighted by Gasteiger charge is 2.20. The molecule has 1 saturated carbocycles. The van der Waals surface area contributed by atoms with E-state index in [2.05, 4.69) is 60.5 Å². The number of aryl methyl sites for hydroxylation is 2. The molecular formula is C31H48N2. The summed E-state index contributed by atoms with van der Waals surface area (Å²) in [4.78, 5) is 9.38. The summed E-state index contributed by atoms with van der Waals surface area (Å²) >= 11 is 0. The highest BCUT2D eigenvalue weighted by atomic mass is 14.9. The van der Waals surface area contributed by atoms with Gasteiger partial charge >= 0.3 is 0 Å². The Hall–Kier alpha value is -1.70. The molecule has 182 valence electrons. The Labute approximate surface area is 204 Å². The maximum absolute atomic E-state index is 4.69. The van der Waals surface area contributed by atoms with Crippen molar-refractivity contribution in [2.45, 2.75) is 123 Å². The molecule has 3 rings (SSSR count). The third kappa shape index (κ3) is 9.59. The standard InChI is InChI=1S/C31H48N2/c1-3-5-7-8-9-10-11-13-27-20-22-30(23-21-27)31-32-24-29(25-33-31)19-18-28-16-14-26(15-17-28)12-6-4-2/h20-26,28H,3-19H2,1-2H3/t26-,28-. The van der Waals surface area contributed by atoms with Gasteiger partial charge < -0.3 is 0 Å². The normalized spacial score (nSPS) is 18.5. The minimum absolute atomic E-state index is 0.859. The molecule has 0 radical (unpaired) electrons. The van der Waals surface area contributed by atoms with Crippen molar-refractivity contribution in [3.63, 3.8) is 0 Å². The summed E-state index contributed by atoms with van der Waals surface area (Å²) in [5.74, 6) is 2.77. The molecule has 0 spiro atoms. The molecule has 1 aromatic heterocycles. The Morgan fingerprint density at radius 1 is 0.606 bits per heavy atom. The summed E-state index contributed by atoms with van der Waals surface area (Å²) in [6.45, 7) is 4.59. The molecule has 0 aliphatic heterocycles. The Balaban J connectivity index is 1.35. The minimum atomic E-state index is 0.859. The quantitative estimate of drug-likeness (QED) is 0.254. The first-order valence-corrected chi connectivity index (χ1v) is 14.2. The Bertz CT molecular complexity index is 741. The van der Waals surface area contributed by atoms with E-state index in [-0.39, 0.29) is 0 Å². The van der Waals surface area contributed by atoms with Crippen molar-refractivity contribution < 1.29 is 0 Å². The summed E-state index contributed by atoms with van der Waals surface area (Å²) in [5, 5.41) is 0. The van der Waals surface area contributed by atoms with E-state index in [4.69, 9.17) is 0 Å². The maximum atomic E-state index is 4.69. The van der Waals surface area contributed by atoms with E-state index in [1.807, 2.05) is 0 Å². The molecule has 2 nitrogen and oxygen atoms in total. The predicted molar refractivity (Wildman–Crippen MR) is 142 cm³/mol. The predicted octanol–water partition coefficient (Wildman–Crippen LogP) is 9.37. The van der Waals surface area contributed by atoms with Gasteiger partial charge in [0.15, 0.2) is 5.82 Å². The van der Waals surface area contributed by atoms with Crippen molar-refractivity contribution in [3.05, 3.63) is 47.8 Å². The SMILES string of the molecule is CCCCCCCCCc1ccc(-c2ncc(CC[C@H]3CC[C@H](CCCC)CC3)cn2)cc1. The molecule has 33 heavy (non-hydrogen) atoms. The first-order chi connectivity index (χ1) is 16.3. The fourth-order valence-corrected chi connectivity index (χ4v) is 5.41. The van der Waals surface area contributed by atoms with Gasteiger partial charge in [0.2, 0.25) is 0 Å². The summed E-state index contributed by atoms with van der Waals surface area (Å²) in [7, 11) is 0. The van der Waals surface area contributed by atoms with E-state index < -0.39 is 0 Å². The number of hydrogen-bond acceptors (Lipinski definition) is 2. The minimum Gasteiger partial charge on any atom is -0.236 e. The number of rotatable bonds is 15. The van der Waals surface area contributed by atoms with Crippen LogP contribution in [0.3, 0.4) is 0 Å². The third-order valence-corrected chi connectivity index (χ3v) is 7.76. The van der Waals surface area contributed by atoms with Crippen LogP contribution in [-0.4, -0.2) is 9.97 Å². The smallest absolute Gasteiger partial charge is 0.159 e. The Morgan fingerprint density at radius 3 is 1.82 bits per heavy atom. The summed E-state index contributed by atoms with van der Waals surface area (Å²) in [6, 6.07) is 8.92. The second-order valence-electron chi connectivity index (χ2n) is 10.6. The number of aromatic nitrogens is 2. The van der Waals surface area contributed by atoms with Crippen molar-refractivity contribution in [3.8, 4) is 11.4 Å². The van der Waals surface area contributed by atoms with Gasteiger partial charge in [-0.2, -0.15) is 0 Å².